The van der Waals surface area contributed by atoms with Crippen LogP contribution in [0.5, 0.6) is 5.75 Å². The Hall–Kier alpha value is -5.32. The van der Waals surface area contributed by atoms with Crippen LogP contribution in [0.25, 0.3) is 5.57 Å². The molecule has 0 saturated carbocycles. The topological polar surface area (TPSA) is 112 Å². The fourth-order valence-electron chi connectivity index (χ4n) is 3.74. The number of aldehydes is 1. The number of benzene rings is 3. The van der Waals surface area contributed by atoms with Crippen molar-refractivity contribution in [1.82, 2.24) is 20.9 Å². The van der Waals surface area contributed by atoms with Gasteiger partial charge in [0.25, 0.3) is 0 Å². The zero-order chi connectivity index (χ0) is 29.6. The highest BCUT2D eigenvalue weighted by Gasteiger charge is 2.19. The van der Waals surface area contributed by atoms with E-state index in [0.717, 1.165) is 17.7 Å². The number of guanidine groups is 1. The second-order valence-electron chi connectivity index (χ2n) is 8.55. The van der Waals surface area contributed by atoms with Crippen molar-refractivity contribution in [3.8, 4) is 5.75 Å². The van der Waals surface area contributed by atoms with Crippen LogP contribution < -0.4 is 20.7 Å². The van der Waals surface area contributed by atoms with E-state index >= 15 is 0 Å². The number of ether oxygens (including phenoxy) is 1. The van der Waals surface area contributed by atoms with Gasteiger partial charge in [0.05, 0.1) is 12.8 Å². The molecule has 0 spiro atoms. The molecule has 3 amide bonds. The van der Waals surface area contributed by atoms with Gasteiger partial charge in [-0.05, 0) is 59.2 Å². The van der Waals surface area contributed by atoms with Gasteiger partial charge in [-0.15, -0.1) is 0 Å². The Labute approximate surface area is 236 Å². The molecule has 0 aliphatic carbocycles. The van der Waals surface area contributed by atoms with Crippen LogP contribution >= 0.6 is 0 Å². The second-order valence-corrected chi connectivity index (χ2v) is 8.55. The van der Waals surface area contributed by atoms with Gasteiger partial charge < -0.3 is 15.0 Å². The summed E-state index contributed by atoms with van der Waals surface area (Å²) >= 11 is 0. The summed E-state index contributed by atoms with van der Waals surface area (Å²) in [5, 5.41) is 7.45. The number of methoxy groups -OCH3 is 1. The van der Waals surface area contributed by atoms with Gasteiger partial charge in [0, 0.05) is 31.9 Å². The number of carbonyl (C=O) groups excluding carboxylic acids is 3. The van der Waals surface area contributed by atoms with Crippen LogP contribution in [0.4, 0.5) is 19.3 Å². The molecule has 0 saturated heterocycles. The highest BCUT2D eigenvalue weighted by Crippen LogP contribution is 2.21. The van der Waals surface area contributed by atoms with Gasteiger partial charge in [0.1, 0.15) is 12.0 Å². The Morgan fingerprint density at radius 3 is 2.34 bits per heavy atom. The maximum absolute atomic E-state index is 14.1. The molecule has 212 valence electrons. The molecular weight excluding hydrogens is 532 g/mol. The fourth-order valence-corrected chi connectivity index (χ4v) is 3.74. The Bertz CT molecular complexity index is 1440. The summed E-state index contributed by atoms with van der Waals surface area (Å²) in [6.07, 6.45) is 4.24. The lowest BCUT2D eigenvalue weighted by molar-refractivity contribution is -0.108. The number of imide groups is 1. The van der Waals surface area contributed by atoms with E-state index in [1.165, 1.54) is 18.1 Å². The highest BCUT2D eigenvalue weighted by atomic mass is 19.2. The summed E-state index contributed by atoms with van der Waals surface area (Å²) in [6.45, 7) is -0.193. The van der Waals surface area contributed by atoms with Crippen molar-refractivity contribution >= 4 is 35.9 Å². The maximum Gasteiger partial charge on any atom is 0.327 e. The molecule has 41 heavy (non-hydrogen) atoms. The quantitative estimate of drug-likeness (QED) is 0.106. The Morgan fingerprint density at radius 1 is 1.00 bits per heavy atom. The van der Waals surface area contributed by atoms with Gasteiger partial charge >= 0.3 is 6.03 Å². The molecule has 0 fully saturated rings. The molecule has 0 heterocycles. The molecule has 0 atom stereocenters. The molecule has 0 aromatic heterocycles. The summed E-state index contributed by atoms with van der Waals surface area (Å²) in [5.74, 6) is -1.57. The molecule has 3 aromatic carbocycles. The van der Waals surface area contributed by atoms with E-state index in [1.807, 2.05) is 35.6 Å². The number of amides is 3. The van der Waals surface area contributed by atoms with Gasteiger partial charge in [0.2, 0.25) is 12.4 Å². The molecule has 0 aliphatic heterocycles. The first-order chi connectivity index (χ1) is 19.9. The predicted octanol–water partition coefficient (Wildman–Crippen LogP) is 4.30. The standard InChI is InChI=1S/C30H29F2N5O4/c1-33-16-24(23-6-4-3-5-7-23)14-22(19-38)18-37(17-21-8-13-27(31)28(32)15-21)29(36-30(40)34-20-39)35-25-9-11-26(41-2)12-10-25/h3-16,19-20,33H,17-18H2,1-2H3,(H2,34,35,36,39,40)/b22-14-,24-16+. The number of nitrogens with zero attached hydrogens (tertiary/aromatic N) is 2. The average molecular weight is 562 g/mol. The van der Waals surface area contributed by atoms with Crippen molar-refractivity contribution in [3.63, 3.8) is 0 Å². The summed E-state index contributed by atoms with van der Waals surface area (Å²) in [5.41, 5.74) is 2.55. The number of hydrogen-bond acceptors (Lipinski definition) is 6. The molecule has 3 rings (SSSR count). The molecule has 3 aromatic rings. The Morgan fingerprint density at radius 2 is 1.73 bits per heavy atom. The molecule has 0 radical (unpaired) electrons. The number of rotatable bonds is 11. The van der Waals surface area contributed by atoms with Gasteiger partial charge in [-0.25, -0.2) is 18.6 Å². The summed E-state index contributed by atoms with van der Waals surface area (Å²) in [7, 11) is 3.24. The summed E-state index contributed by atoms with van der Waals surface area (Å²) < 4.78 is 32.9. The fraction of sp³-hybridized carbons (Fsp3) is 0.133. The summed E-state index contributed by atoms with van der Waals surface area (Å²) in [4.78, 5) is 41.6. The van der Waals surface area contributed by atoms with E-state index in [4.69, 9.17) is 4.74 Å². The van der Waals surface area contributed by atoms with Gasteiger partial charge in [0.15, 0.2) is 11.6 Å². The number of allylic oxidation sites excluding steroid dienone is 2. The van der Waals surface area contributed by atoms with Crippen molar-refractivity contribution in [2.24, 2.45) is 4.99 Å². The minimum atomic E-state index is -1.06. The monoisotopic (exact) mass is 561 g/mol. The summed E-state index contributed by atoms with van der Waals surface area (Å²) in [6, 6.07) is 18.4. The highest BCUT2D eigenvalue weighted by molar-refractivity contribution is 6.00. The van der Waals surface area contributed by atoms with E-state index in [2.05, 4.69) is 15.6 Å². The van der Waals surface area contributed by atoms with Crippen LogP contribution in [0.1, 0.15) is 11.1 Å². The van der Waals surface area contributed by atoms with E-state index < -0.39 is 17.7 Å². The van der Waals surface area contributed by atoms with Crippen molar-refractivity contribution in [2.75, 3.05) is 20.7 Å². The third-order valence-electron chi connectivity index (χ3n) is 5.65. The van der Waals surface area contributed by atoms with E-state index in [9.17, 15) is 23.2 Å². The van der Waals surface area contributed by atoms with Crippen molar-refractivity contribution in [1.29, 1.82) is 0 Å². The van der Waals surface area contributed by atoms with Gasteiger partial charge in [-0.2, -0.15) is 0 Å². The molecule has 0 bridgehead atoms. The Balaban J connectivity index is 2.10. The van der Waals surface area contributed by atoms with Crippen LogP contribution in [0.3, 0.4) is 0 Å². The minimum Gasteiger partial charge on any atom is -0.497 e. The smallest absolute Gasteiger partial charge is 0.327 e. The first-order valence-corrected chi connectivity index (χ1v) is 12.4. The minimum absolute atomic E-state index is 0.0640. The Kier molecular flexibility index (Phi) is 11.3. The number of carbonyl (C=O) groups is 3. The molecule has 0 unspecified atom stereocenters. The molecule has 3 N–H and O–H groups in total. The van der Waals surface area contributed by atoms with Crippen LogP contribution in [-0.4, -0.2) is 50.3 Å². The third kappa shape index (κ3) is 9.13. The van der Waals surface area contributed by atoms with Crippen LogP contribution in [0.2, 0.25) is 0 Å². The maximum atomic E-state index is 14.1. The third-order valence-corrected chi connectivity index (χ3v) is 5.65. The van der Waals surface area contributed by atoms with Gasteiger partial charge in [-0.1, -0.05) is 36.4 Å². The van der Waals surface area contributed by atoms with Crippen molar-refractivity contribution in [3.05, 3.63) is 113 Å². The first-order valence-electron chi connectivity index (χ1n) is 12.4. The van der Waals surface area contributed by atoms with E-state index in [-0.39, 0.29) is 31.0 Å². The number of nitrogens with one attached hydrogen (secondary N) is 3. The van der Waals surface area contributed by atoms with Crippen LogP contribution in [0.15, 0.2) is 95.6 Å². The second kappa shape index (κ2) is 15.3. The van der Waals surface area contributed by atoms with Crippen molar-refractivity contribution < 1.29 is 27.9 Å². The van der Waals surface area contributed by atoms with Crippen LogP contribution in [0, 0.1) is 11.6 Å². The SMILES string of the molecule is CN/C=C(\C=C(/C=O)CN(Cc1ccc(F)c(F)c1)C(=Nc1ccc(OC)cc1)NC(=O)NC=O)c1ccccc1. The van der Waals surface area contributed by atoms with E-state index in [0.29, 0.717) is 28.9 Å². The van der Waals surface area contributed by atoms with Crippen LogP contribution in [-0.2, 0) is 16.1 Å². The van der Waals surface area contributed by atoms with Crippen molar-refractivity contribution in [2.45, 2.75) is 6.54 Å². The number of hydrogen-bond donors (Lipinski definition) is 3. The number of urea groups is 1. The zero-order valence-electron chi connectivity index (χ0n) is 22.4. The lowest BCUT2D eigenvalue weighted by atomic mass is 10.0. The number of aliphatic imine (C=N–C) groups is 1. The molecule has 0 aliphatic rings. The average Bonchev–Trinajstić information content (AvgIpc) is 2.98. The van der Waals surface area contributed by atoms with Gasteiger partial charge in [-0.3, -0.25) is 20.2 Å². The lowest BCUT2D eigenvalue weighted by Gasteiger charge is -2.27. The first kappa shape index (κ1) is 30.2. The van der Waals surface area contributed by atoms with E-state index in [1.54, 1.807) is 43.6 Å². The lowest BCUT2D eigenvalue weighted by Crippen LogP contribution is -2.48. The molecule has 9 nitrogen and oxygen atoms in total. The molecule has 11 heteroatoms. The normalized spacial score (nSPS) is 11.9. The molecular formula is C30H29F2N5O4. The zero-order valence-corrected chi connectivity index (χ0v) is 22.4. The largest absolute Gasteiger partial charge is 0.497 e. The number of halogens is 2. The predicted molar refractivity (Wildman–Crippen MR) is 152 cm³/mol.